The maximum atomic E-state index is 14.6. The summed E-state index contributed by atoms with van der Waals surface area (Å²) in [5.41, 5.74) is 4.96. The summed E-state index contributed by atoms with van der Waals surface area (Å²) in [6.07, 6.45) is 9.23. The van der Waals surface area contributed by atoms with Crippen LogP contribution in [0.4, 0.5) is 4.39 Å². The molecule has 0 aromatic heterocycles. The molecule has 1 aliphatic heterocycles. The topological polar surface area (TPSA) is 27.7 Å². The van der Waals surface area contributed by atoms with Crippen LogP contribution in [-0.2, 0) is 6.54 Å². The molecular formula is C29H37ClFN3O. The van der Waals surface area contributed by atoms with Gasteiger partial charge in [-0.1, -0.05) is 63.4 Å². The Bertz CT molecular complexity index is 1100. The Balaban J connectivity index is 1.87. The van der Waals surface area contributed by atoms with Gasteiger partial charge in [0.05, 0.1) is 24.0 Å². The summed E-state index contributed by atoms with van der Waals surface area (Å²) in [5, 5.41) is 3.17. The molecule has 3 rings (SSSR count). The first-order valence-electron chi connectivity index (χ1n) is 11.9. The van der Waals surface area contributed by atoms with Crippen molar-refractivity contribution in [2.45, 2.75) is 45.2 Å². The van der Waals surface area contributed by atoms with Crippen LogP contribution in [0.2, 0.25) is 5.02 Å². The molecule has 1 aliphatic carbocycles. The van der Waals surface area contributed by atoms with E-state index in [1.807, 2.05) is 19.1 Å². The van der Waals surface area contributed by atoms with Crippen LogP contribution >= 0.6 is 11.6 Å². The highest BCUT2D eigenvalue weighted by Gasteiger charge is 2.52. The summed E-state index contributed by atoms with van der Waals surface area (Å²) in [6, 6.07) is 3.32. The number of nitrogens with one attached hydrogen (secondary N) is 1. The fourth-order valence-corrected chi connectivity index (χ4v) is 5.35. The SMILES string of the molecule is C=C/C(C(=C)C)=C1\C(=C)N(C)CC2(CC(CC)C2)N1/C=C/C(=C)NCc1ccc(OC)c(Cl)c1F. The number of halogens is 2. The number of allylic oxidation sites excluding steroid dienone is 4. The molecule has 35 heavy (non-hydrogen) atoms. The highest BCUT2D eigenvalue weighted by molar-refractivity contribution is 6.32. The molecule has 0 atom stereocenters. The maximum Gasteiger partial charge on any atom is 0.150 e. The van der Waals surface area contributed by atoms with E-state index >= 15 is 0 Å². The van der Waals surface area contributed by atoms with Gasteiger partial charge in [0, 0.05) is 43.2 Å². The summed E-state index contributed by atoms with van der Waals surface area (Å²) >= 11 is 6.06. The first kappa shape index (κ1) is 26.7. The van der Waals surface area contributed by atoms with E-state index in [9.17, 15) is 4.39 Å². The van der Waals surface area contributed by atoms with Gasteiger partial charge < -0.3 is 19.9 Å². The van der Waals surface area contributed by atoms with Gasteiger partial charge in [-0.25, -0.2) is 4.39 Å². The lowest BCUT2D eigenvalue weighted by Crippen LogP contribution is -2.64. The summed E-state index contributed by atoms with van der Waals surface area (Å²) in [4.78, 5) is 4.58. The Morgan fingerprint density at radius 1 is 1.34 bits per heavy atom. The van der Waals surface area contributed by atoms with Crippen molar-refractivity contribution < 1.29 is 9.13 Å². The number of ether oxygens (including phenoxy) is 1. The standard InChI is InChI=1S/C29H37ClFN3O/c1-9-22-15-29(16-22)18-33(7)21(6)28(24(10-2)19(3)4)34(29)14-13-20(5)32-17-23-11-12-25(35-8)26(30)27(23)31/h10-14,22,32H,2-3,5-6,9,15-18H2,1,4,7-8H3/b14-13+,28-24-. The van der Waals surface area contributed by atoms with Crippen molar-refractivity contribution >= 4 is 11.6 Å². The number of rotatable bonds is 9. The zero-order chi connectivity index (χ0) is 25.9. The maximum absolute atomic E-state index is 14.6. The molecule has 0 amide bonds. The molecular weight excluding hydrogens is 461 g/mol. The number of piperazine rings is 1. The normalized spacial score (nSPS) is 23.4. The van der Waals surface area contributed by atoms with Crippen LogP contribution in [0.3, 0.4) is 0 Å². The van der Waals surface area contributed by atoms with Gasteiger partial charge in [-0.3, -0.25) is 0 Å². The molecule has 1 spiro atoms. The van der Waals surface area contributed by atoms with E-state index < -0.39 is 5.82 Å². The minimum Gasteiger partial charge on any atom is -0.495 e. The van der Waals surface area contributed by atoms with Crippen molar-refractivity contribution in [2.24, 2.45) is 5.92 Å². The number of methoxy groups -OCH3 is 1. The molecule has 1 saturated heterocycles. The second kappa shape index (κ2) is 10.8. The lowest BCUT2D eigenvalue weighted by atomic mass is 9.64. The monoisotopic (exact) mass is 497 g/mol. The lowest BCUT2D eigenvalue weighted by molar-refractivity contribution is -0.0128. The average molecular weight is 498 g/mol. The largest absolute Gasteiger partial charge is 0.495 e. The number of likely N-dealkylation sites (N-methyl/N-ethyl adjacent to an activating group) is 1. The van der Waals surface area contributed by atoms with E-state index in [4.69, 9.17) is 16.3 Å². The summed E-state index contributed by atoms with van der Waals surface area (Å²) < 4.78 is 19.7. The van der Waals surface area contributed by atoms with Gasteiger partial charge in [0.1, 0.15) is 10.8 Å². The minimum atomic E-state index is -0.494. The molecule has 1 aromatic rings. The van der Waals surface area contributed by atoms with Gasteiger partial charge >= 0.3 is 0 Å². The molecule has 1 aromatic carbocycles. The van der Waals surface area contributed by atoms with Crippen molar-refractivity contribution in [3.8, 4) is 5.75 Å². The zero-order valence-corrected chi connectivity index (χ0v) is 22.1. The first-order valence-corrected chi connectivity index (χ1v) is 12.3. The molecule has 1 saturated carbocycles. The van der Waals surface area contributed by atoms with Crippen LogP contribution < -0.4 is 10.1 Å². The molecule has 2 fully saturated rings. The second-order valence-corrected chi connectivity index (χ2v) is 9.95. The Hall–Kier alpha value is -2.92. The predicted octanol–water partition coefficient (Wildman–Crippen LogP) is 6.94. The molecule has 188 valence electrons. The Kier molecular flexibility index (Phi) is 8.22. The van der Waals surface area contributed by atoms with E-state index in [-0.39, 0.29) is 17.1 Å². The third kappa shape index (κ3) is 5.20. The molecule has 0 bridgehead atoms. The molecule has 2 aliphatic rings. The smallest absolute Gasteiger partial charge is 0.150 e. The second-order valence-electron chi connectivity index (χ2n) is 9.58. The molecule has 1 N–H and O–H groups in total. The fourth-order valence-electron chi connectivity index (χ4n) is 5.09. The average Bonchev–Trinajstić information content (AvgIpc) is 2.80. The van der Waals surface area contributed by atoms with E-state index in [0.29, 0.717) is 22.9 Å². The predicted molar refractivity (Wildman–Crippen MR) is 144 cm³/mol. The number of hydrogen-bond acceptors (Lipinski definition) is 4. The van der Waals surface area contributed by atoms with Crippen molar-refractivity contribution in [1.82, 2.24) is 15.1 Å². The highest BCUT2D eigenvalue weighted by Crippen LogP contribution is 2.51. The molecule has 6 heteroatoms. The zero-order valence-electron chi connectivity index (χ0n) is 21.4. The van der Waals surface area contributed by atoms with E-state index in [2.05, 4.69) is 61.6 Å². The van der Waals surface area contributed by atoms with Gasteiger partial charge in [-0.15, -0.1) is 0 Å². The fraction of sp³-hybridized carbons (Fsp3) is 0.379. The van der Waals surface area contributed by atoms with Gasteiger partial charge in [-0.05, 0) is 43.4 Å². The molecule has 0 unspecified atom stereocenters. The van der Waals surface area contributed by atoms with E-state index in [0.717, 1.165) is 41.9 Å². The van der Waals surface area contributed by atoms with Gasteiger partial charge in [0.2, 0.25) is 0 Å². The van der Waals surface area contributed by atoms with Crippen LogP contribution in [0.5, 0.6) is 5.75 Å². The van der Waals surface area contributed by atoms with Gasteiger partial charge in [0.15, 0.2) is 5.82 Å². The van der Waals surface area contributed by atoms with Gasteiger partial charge in [0.25, 0.3) is 0 Å². The Morgan fingerprint density at radius 2 is 2.03 bits per heavy atom. The van der Waals surface area contributed by atoms with Crippen molar-refractivity contribution in [1.29, 1.82) is 0 Å². The quantitative estimate of drug-likeness (QED) is 0.374. The molecule has 4 nitrogen and oxygen atoms in total. The van der Waals surface area contributed by atoms with Crippen LogP contribution in [-0.4, -0.2) is 36.0 Å². The number of benzene rings is 1. The molecule has 1 heterocycles. The highest BCUT2D eigenvalue weighted by atomic mass is 35.5. The van der Waals surface area contributed by atoms with Crippen LogP contribution in [0.15, 0.2) is 85.0 Å². The summed E-state index contributed by atoms with van der Waals surface area (Å²) in [5.74, 6) is 0.521. The molecule has 0 radical (unpaired) electrons. The first-order chi connectivity index (χ1) is 16.6. The van der Waals surface area contributed by atoms with Crippen LogP contribution in [0.25, 0.3) is 0 Å². The van der Waals surface area contributed by atoms with E-state index in [1.165, 1.54) is 13.5 Å². The minimum absolute atomic E-state index is 0.0205. The Labute approximate surface area is 214 Å². The lowest BCUT2D eigenvalue weighted by Gasteiger charge is -2.60. The third-order valence-corrected chi connectivity index (χ3v) is 7.48. The third-order valence-electron chi connectivity index (χ3n) is 7.13. The van der Waals surface area contributed by atoms with E-state index in [1.54, 1.807) is 12.1 Å². The number of nitrogens with zero attached hydrogens (tertiary/aromatic N) is 2. The summed E-state index contributed by atoms with van der Waals surface area (Å²) in [7, 11) is 3.56. The number of hydrogen-bond donors (Lipinski definition) is 1. The Morgan fingerprint density at radius 3 is 2.60 bits per heavy atom. The van der Waals surface area contributed by atoms with Crippen molar-refractivity contribution in [3.05, 3.63) is 101 Å². The van der Waals surface area contributed by atoms with Crippen molar-refractivity contribution in [3.63, 3.8) is 0 Å². The van der Waals surface area contributed by atoms with Crippen LogP contribution in [0, 0.1) is 11.7 Å². The van der Waals surface area contributed by atoms with Crippen molar-refractivity contribution in [2.75, 3.05) is 20.7 Å². The van der Waals surface area contributed by atoms with Gasteiger partial charge in [-0.2, -0.15) is 0 Å². The van der Waals surface area contributed by atoms with Crippen LogP contribution in [0.1, 0.15) is 38.7 Å². The summed E-state index contributed by atoms with van der Waals surface area (Å²) in [6.45, 7) is 22.1.